The molecule has 0 saturated heterocycles. The maximum atomic E-state index is 12.6. The first-order valence-corrected chi connectivity index (χ1v) is 5.74. The zero-order chi connectivity index (χ0) is 15.1. The van der Waals surface area contributed by atoms with Crippen molar-refractivity contribution in [2.24, 2.45) is 5.18 Å². The van der Waals surface area contributed by atoms with Gasteiger partial charge in [-0.15, -0.1) is 4.91 Å². The summed E-state index contributed by atoms with van der Waals surface area (Å²) in [4.78, 5) is 10.4. The molecule has 0 aliphatic rings. The minimum Gasteiger partial charge on any atom is -0.382 e. The summed E-state index contributed by atoms with van der Waals surface area (Å²) in [5.74, 6) is -0.177. The zero-order valence-electron chi connectivity index (χ0n) is 9.45. The fraction of sp³-hybridized carbons (Fsp3) is 0.100. The number of halogens is 5. The van der Waals surface area contributed by atoms with E-state index in [0.29, 0.717) is 12.1 Å². The molecule has 0 bridgehead atoms. The van der Waals surface area contributed by atoms with Crippen molar-refractivity contribution in [3.8, 4) is 5.69 Å². The SMILES string of the molecule is Nc1c(N=O)cnn1-c1c(Cl)cc(C(F)(F)F)cc1Cl. The Labute approximate surface area is 120 Å². The summed E-state index contributed by atoms with van der Waals surface area (Å²) in [6.45, 7) is 0. The molecule has 0 aliphatic heterocycles. The van der Waals surface area contributed by atoms with Crippen molar-refractivity contribution >= 4 is 34.7 Å². The molecular weight excluding hydrogens is 320 g/mol. The van der Waals surface area contributed by atoms with Crippen molar-refractivity contribution < 1.29 is 13.2 Å². The maximum absolute atomic E-state index is 12.6. The van der Waals surface area contributed by atoms with E-state index >= 15 is 0 Å². The van der Waals surface area contributed by atoms with E-state index in [-0.39, 0.29) is 27.2 Å². The molecule has 1 aromatic heterocycles. The molecule has 1 aromatic carbocycles. The number of anilines is 1. The van der Waals surface area contributed by atoms with Crippen molar-refractivity contribution in [2.75, 3.05) is 5.73 Å². The first-order valence-electron chi connectivity index (χ1n) is 4.99. The van der Waals surface area contributed by atoms with Gasteiger partial charge in [0.15, 0.2) is 11.5 Å². The largest absolute Gasteiger partial charge is 0.416 e. The van der Waals surface area contributed by atoms with E-state index in [1.807, 2.05) is 0 Å². The normalized spacial score (nSPS) is 11.7. The highest BCUT2D eigenvalue weighted by molar-refractivity contribution is 6.38. The van der Waals surface area contributed by atoms with E-state index in [1.54, 1.807) is 0 Å². The van der Waals surface area contributed by atoms with Crippen LogP contribution < -0.4 is 5.73 Å². The molecule has 0 atom stereocenters. The van der Waals surface area contributed by atoms with E-state index in [2.05, 4.69) is 10.3 Å². The predicted molar refractivity (Wildman–Crippen MR) is 68.5 cm³/mol. The first-order chi connectivity index (χ1) is 9.25. The van der Waals surface area contributed by atoms with Crippen molar-refractivity contribution in [2.45, 2.75) is 6.18 Å². The molecule has 2 N–H and O–H groups in total. The van der Waals surface area contributed by atoms with Gasteiger partial charge in [-0.05, 0) is 17.3 Å². The van der Waals surface area contributed by atoms with Crippen LogP contribution in [0.4, 0.5) is 24.7 Å². The summed E-state index contributed by atoms with van der Waals surface area (Å²) >= 11 is 11.6. The van der Waals surface area contributed by atoms with Crippen LogP contribution >= 0.6 is 23.2 Å². The summed E-state index contributed by atoms with van der Waals surface area (Å²) in [5, 5.41) is 5.71. The number of benzene rings is 1. The van der Waals surface area contributed by atoms with Crippen molar-refractivity contribution in [3.63, 3.8) is 0 Å². The van der Waals surface area contributed by atoms with E-state index in [9.17, 15) is 18.1 Å². The lowest BCUT2D eigenvalue weighted by Crippen LogP contribution is -2.08. The summed E-state index contributed by atoms with van der Waals surface area (Å²) in [7, 11) is 0. The lowest BCUT2D eigenvalue weighted by atomic mass is 10.2. The van der Waals surface area contributed by atoms with Gasteiger partial charge in [0, 0.05) is 0 Å². The molecule has 1 heterocycles. The van der Waals surface area contributed by atoms with Gasteiger partial charge in [0.25, 0.3) is 0 Å². The molecule has 0 saturated carbocycles. The Hall–Kier alpha value is -1.80. The number of aromatic nitrogens is 2. The number of rotatable bonds is 2. The minimum absolute atomic E-state index is 0.0614. The number of alkyl halides is 3. The Morgan fingerprint density at radius 2 is 1.80 bits per heavy atom. The van der Waals surface area contributed by atoms with Gasteiger partial charge in [0.2, 0.25) is 0 Å². The quantitative estimate of drug-likeness (QED) is 0.842. The van der Waals surface area contributed by atoms with Crippen LogP contribution in [0.25, 0.3) is 5.69 Å². The lowest BCUT2D eigenvalue weighted by molar-refractivity contribution is -0.137. The summed E-state index contributed by atoms with van der Waals surface area (Å²) in [6.07, 6.45) is -3.54. The van der Waals surface area contributed by atoms with Crippen LogP contribution in [-0.2, 0) is 6.18 Å². The van der Waals surface area contributed by atoms with Gasteiger partial charge >= 0.3 is 6.18 Å². The highest BCUT2D eigenvalue weighted by Crippen LogP contribution is 2.38. The zero-order valence-corrected chi connectivity index (χ0v) is 11.0. The molecule has 0 spiro atoms. The second-order valence-corrected chi connectivity index (χ2v) is 4.52. The number of nitroso groups, excluding NO2 is 1. The monoisotopic (exact) mass is 324 g/mol. The van der Waals surface area contributed by atoms with Gasteiger partial charge in [0.1, 0.15) is 5.69 Å². The molecule has 20 heavy (non-hydrogen) atoms. The number of hydrogen-bond donors (Lipinski definition) is 1. The Morgan fingerprint density at radius 1 is 1.25 bits per heavy atom. The van der Waals surface area contributed by atoms with Crippen LogP contribution in [0.1, 0.15) is 5.56 Å². The molecule has 0 aliphatic carbocycles. The number of nitrogens with two attached hydrogens (primary N) is 1. The third-order valence-corrected chi connectivity index (χ3v) is 3.02. The highest BCUT2D eigenvalue weighted by Gasteiger charge is 2.32. The molecular formula is C10H5Cl2F3N4O. The van der Waals surface area contributed by atoms with Gasteiger partial charge in [-0.25, -0.2) is 4.68 Å². The fourth-order valence-corrected chi connectivity index (χ4v) is 2.18. The molecule has 0 amide bonds. The molecule has 2 rings (SSSR count). The molecule has 0 unspecified atom stereocenters. The van der Waals surface area contributed by atoms with Gasteiger partial charge in [-0.3, -0.25) is 0 Å². The highest BCUT2D eigenvalue weighted by atomic mass is 35.5. The van der Waals surface area contributed by atoms with Gasteiger partial charge < -0.3 is 5.73 Å². The van der Waals surface area contributed by atoms with Crippen LogP contribution in [0, 0.1) is 4.91 Å². The molecule has 0 fully saturated rings. The molecule has 10 heteroatoms. The van der Waals surface area contributed by atoms with Crippen molar-refractivity contribution in [1.82, 2.24) is 9.78 Å². The molecule has 106 valence electrons. The molecule has 5 nitrogen and oxygen atoms in total. The first kappa shape index (κ1) is 14.6. The minimum atomic E-state index is -4.59. The van der Waals surface area contributed by atoms with E-state index in [1.165, 1.54) is 0 Å². The van der Waals surface area contributed by atoms with Crippen molar-refractivity contribution in [3.05, 3.63) is 38.8 Å². The van der Waals surface area contributed by atoms with Crippen LogP contribution in [0.2, 0.25) is 10.0 Å². The molecule has 2 aromatic rings. The Morgan fingerprint density at radius 3 is 2.20 bits per heavy atom. The number of hydrogen-bond acceptors (Lipinski definition) is 4. The summed E-state index contributed by atoms with van der Waals surface area (Å²) in [6, 6.07) is 1.38. The maximum Gasteiger partial charge on any atom is 0.416 e. The topological polar surface area (TPSA) is 73.3 Å². The van der Waals surface area contributed by atoms with Crippen LogP contribution in [-0.4, -0.2) is 9.78 Å². The van der Waals surface area contributed by atoms with E-state index in [0.717, 1.165) is 10.9 Å². The van der Waals surface area contributed by atoms with Crippen LogP contribution in [0.3, 0.4) is 0 Å². The van der Waals surface area contributed by atoms with Gasteiger partial charge in [-0.1, -0.05) is 23.2 Å². The van der Waals surface area contributed by atoms with E-state index < -0.39 is 11.7 Å². The number of nitrogens with zero attached hydrogens (tertiary/aromatic N) is 3. The Balaban J connectivity index is 2.64. The summed E-state index contributed by atoms with van der Waals surface area (Å²) < 4.78 is 38.7. The van der Waals surface area contributed by atoms with Gasteiger partial charge in [-0.2, -0.15) is 18.3 Å². The molecule has 0 radical (unpaired) electrons. The average molecular weight is 325 g/mol. The standard InChI is InChI=1S/C10H5Cl2F3N4O/c11-5-1-4(10(13,14)15)2-6(12)8(5)19-9(16)7(18-20)3-17-19/h1-3H,16H2. The second-order valence-electron chi connectivity index (χ2n) is 3.70. The van der Waals surface area contributed by atoms with Gasteiger partial charge in [0.05, 0.1) is 21.8 Å². The van der Waals surface area contributed by atoms with Crippen LogP contribution in [0.15, 0.2) is 23.5 Å². The second kappa shape index (κ2) is 4.95. The Kier molecular flexibility index (Phi) is 3.61. The van der Waals surface area contributed by atoms with Crippen LogP contribution in [0.5, 0.6) is 0 Å². The summed E-state index contributed by atoms with van der Waals surface area (Å²) in [5.41, 5.74) is 4.34. The third-order valence-electron chi connectivity index (χ3n) is 2.44. The third kappa shape index (κ3) is 2.44. The fourth-order valence-electron chi connectivity index (χ4n) is 1.53. The Bertz CT molecular complexity index is 661. The predicted octanol–water partition coefficient (Wildman–Crippen LogP) is 4.18. The lowest BCUT2D eigenvalue weighted by Gasteiger charge is -2.13. The smallest absolute Gasteiger partial charge is 0.382 e. The van der Waals surface area contributed by atoms with Crippen molar-refractivity contribution in [1.29, 1.82) is 0 Å². The van der Waals surface area contributed by atoms with E-state index in [4.69, 9.17) is 28.9 Å². The average Bonchev–Trinajstić information content (AvgIpc) is 2.69. The number of nitrogen functional groups attached to an aromatic ring is 1.